The Morgan fingerprint density at radius 3 is 1.43 bits per heavy atom. The van der Waals surface area contributed by atoms with Crippen LogP contribution in [0.1, 0.15) is 150 Å². The molecule has 12 rings (SSSR count). The topological polar surface area (TPSA) is 221 Å². The number of ether oxygens (including phenoxy) is 4. The zero-order chi connectivity index (χ0) is 60.2. The summed E-state index contributed by atoms with van der Waals surface area (Å²) in [6, 6.07) is 5.09. The first-order valence-electron chi connectivity index (χ1n) is 31.2. The number of aromatic nitrogens is 4. The molecule has 18 nitrogen and oxygen atoms in total. The predicted octanol–water partition coefficient (Wildman–Crippen LogP) is 9.89. The third-order valence-electron chi connectivity index (χ3n) is 19.8. The number of benzene rings is 2. The van der Waals surface area contributed by atoms with Crippen LogP contribution in [0.3, 0.4) is 0 Å². The van der Waals surface area contributed by atoms with Crippen LogP contribution < -0.4 is 20.1 Å². The van der Waals surface area contributed by atoms with Crippen molar-refractivity contribution in [2.24, 2.45) is 58.2 Å². The number of nitrogens with one attached hydrogen (secondary N) is 2. The van der Waals surface area contributed by atoms with Gasteiger partial charge in [-0.25, -0.2) is 50.9 Å². The fourth-order valence-corrected chi connectivity index (χ4v) is 14.9. The standard InChI is InChI=1S/C33H42FN4O5.C32H40FN4O5.2V/c1-5-20-26(17-39)38-16-28(20)42-30-24(35-23-12-11-19(34)15-25(23)36-30)10-8-6-7-9-21-22-13-18(22)14-27(21)43-32(41)37-29(31(38)40)33(2,3)4;1-17-25(16-38)37-15-27(17)41-29-23(34-22-11-10-19(33)14-24(22)35-29)9-7-5-6-8-20-21-12-18(21)13-26(20)42-31(40)36-28(30(37)39)32(2,3)4;;/h11-12,15,18,20-22,26-29H,5-10,13-14,16H2,1-4H3,(H,37,41);10-11,14,17-18,20-21,25-28H,5-9,12-13,15H2,1-4H3,(H,36,40);;/q2*-1;;/t18?,20-,21+,22?,26+,27+,28-,29+;17-,18?,20+,21?,25+,26+,27-,28+;;/m00../s1. The molecule has 22 heteroatoms. The van der Waals surface area contributed by atoms with E-state index in [1.807, 2.05) is 61.7 Å². The van der Waals surface area contributed by atoms with E-state index in [1.54, 1.807) is 12.1 Å². The number of halogens is 2. The number of fused-ring (bicyclic) bond motifs is 14. The molecule has 0 spiro atoms. The maximum Gasteiger partial charge on any atom is 0.408 e. The molecule has 16 atom stereocenters. The molecule has 4 amide bonds. The van der Waals surface area contributed by atoms with Crippen molar-refractivity contribution in [3.8, 4) is 11.8 Å². The van der Waals surface area contributed by atoms with Gasteiger partial charge in [-0.05, 0) is 147 Å². The molecule has 4 unspecified atom stereocenters. The fourth-order valence-electron chi connectivity index (χ4n) is 14.9. The molecule has 2 N–H and O–H groups in total. The number of alkyl carbamates (subject to hydrolysis) is 2. The Kier molecular flexibility index (Phi) is 20.4. The van der Waals surface area contributed by atoms with Gasteiger partial charge in [0.1, 0.15) is 59.5 Å². The molecular formula is C65H82F2N8O10V2-2. The average Bonchev–Trinajstić information content (AvgIpc) is 1.80. The number of hydrogen-bond donors (Lipinski definition) is 2. The Morgan fingerprint density at radius 2 is 0.989 bits per heavy atom. The minimum Gasteiger partial charge on any atom is -0.540 e. The number of rotatable bonds is 3. The van der Waals surface area contributed by atoms with Crippen molar-refractivity contribution in [1.82, 2.24) is 40.4 Å². The van der Waals surface area contributed by atoms with Gasteiger partial charge in [0.2, 0.25) is 23.6 Å². The monoisotopic (exact) mass is 1270 g/mol. The Morgan fingerprint density at radius 1 is 0.552 bits per heavy atom. The second-order valence-electron chi connectivity index (χ2n) is 27.7. The number of carbonyl (C=O) groups excluding carboxylic acids is 6. The third-order valence-corrected chi connectivity index (χ3v) is 19.8. The zero-order valence-corrected chi connectivity index (χ0v) is 53.9. The van der Waals surface area contributed by atoms with Gasteiger partial charge >= 0.3 is 12.2 Å². The molecule has 8 aliphatic rings. The van der Waals surface area contributed by atoms with E-state index < -0.39 is 76.9 Å². The van der Waals surface area contributed by atoms with Crippen LogP contribution in [0.4, 0.5) is 18.4 Å². The quantitative estimate of drug-likeness (QED) is 0.182. The molecule has 87 heavy (non-hydrogen) atoms. The number of aryl methyl sites for hydroxylation is 2. The van der Waals surface area contributed by atoms with Gasteiger partial charge < -0.3 is 49.0 Å². The van der Waals surface area contributed by atoms with E-state index in [2.05, 4.69) is 26.9 Å². The van der Waals surface area contributed by atoms with Crippen LogP contribution >= 0.6 is 0 Å². The SMILES string of the molecule is CC[C@@H]1[C@@H]2CN(C(=O)[C@H](C(C)(C)C)NC(=O)O[C@@H]3CC4CC4[C@H]3CCCCCc3nc4ccc(F)cc4nc3O2)[C@@H]1[C-]=O.C[C@@H]1[C@@H]2CN(C(=O)[C@H](C(C)(C)C)NC(=O)O[C@@H]3CC4CC4[C@H]3CCCCCc3nc4ccc(F)cc4nc3O2)[C@@H]1[C-]=O.[V].[V]. The van der Waals surface area contributed by atoms with E-state index in [0.29, 0.717) is 100.0 Å². The summed E-state index contributed by atoms with van der Waals surface area (Å²) in [6.45, 7) is 15.3. The van der Waals surface area contributed by atoms with Crippen LogP contribution in [-0.4, -0.2) is 128 Å². The van der Waals surface area contributed by atoms with Crippen molar-refractivity contribution < 1.29 is 93.6 Å². The second-order valence-corrected chi connectivity index (χ2v) is 27.7. The van der Waals surface area contributed by atoms with Crippen LogP contribution in [0, 0.1) is 69.8 Å². The smallest absolute Gasteiger partial charge is 0.408 e. The summed E-state index contributed by atoms with van der Waals surface area (Å²) in [5.74, 6) is 1.37. The van der Waals surface area contributed by atoms with Crippen molar-refractivity contribution in [3.63, 3.8) is 0 Å². The predicted molar refractivity (Wildman–Crippen MR) is 310 cm³/mol. The number of hydrogen-bond acceptors (Lipinski definition) is 14. The Balaban J connectivity index is 0.000000203. The molecule has 2 aromatic heterocycles. The summed E-state index contributed by atoms with van der Waals surface area (Å²) in [5.41, 5.74) is 2.03. The molecule has 6 heterocycles. The number of amides is 4. The molecule has 468 valence electrons. The van der Waals surface area contributed by atoms with Gasteiger partial charge in [-0.3, -0.25) is 9.59 Å². The minimum atomic E-state index is -0.918. The van der Waals surface area contributed by atoms with E-state index in [0.717, 1.165) is 64.2 Å². The molecule has 4 aliphatic heterocycles. The Hall–Kier alpha value is -5.43. The van der Waals surface area contributed by atoms with E-state index in [9.17, 15) is 37.5 Å². The molecule has 2 radical (unpaired) electrons. The first kappa shape index (κ1) is 66.0. The van der Waals surface area contributed by atoms with Crippen molar-refractivity contribution in [2.45, 2.75) is 200 Å². The maximum absolute atomic E-state index is 14.1. The van der Waals surface area contributed by atoms with Gasteiger partial charge in [0.15, 0.2) is 0 Å². The summed E-state index contributed by atoms with van der Waals surface area (Å²) < 4.78 is 53.0. The van der Waals surface area contributed by atoms with Crippen LogP contribution in [0.5, 0.6) is 11.8 Å². The van der Waals surface area contributed by atoms with E-state index >= 15 is 0 Å². The number of nitrogens with zero attached hydrogens (tertiary/aromatic N) is 6. The van der Waals surface area contributed by atoms with Crippen molar-refractivity contribution >= 4 is 58.6 Å². The molecule has 4 aliphatic carbocycles. The summed E-state index contributed by atoms with van der Waals surface area (Å²) >= 11 is 0. The van der Waals surface area contributed by atoms with Gasteiger partial charge in [0.05, 0.1) is 35.2 Å². The van der Waals surface area contributed by atoms with Crippen molar-refractivity contribution in [2.75, 3.05) is 13.1 Å². The molecule has 4 aromatic rings. The van der Waals surface area contributed by atoms with E-state index in [-0.39, 0.29) is 80.1 Å². The molecule has 2 aromatic carbocycles. The molecule has 4 bridgehead atoms. The first-order valence-corrected chi connectivity index (χ1v) is 31.2. The van der Waals surface area contributed by atoms with Crippen molar-refractivity contribution in [1.29, 1.82) is 0 Å². The van der Waals surface area contributed by atoms with Crippen LogP contribution in [0.15, 0.2) is 36.4 Å². The van der Waals surface area contributed by atoms with Crippen LogP contribution in [0.2, 0.25) is 0 Å². The summed E-state index contributed by atoms with van der Waals surface area (Å²) in [7, 11) is 0. The molecule has 2 saturated heterocycles. The minimum absolute atomic E-state index is 0. The van der Waals surface area contributed by atoms with Crippen molar-refractivity contribution in [3.05, 3.63) is 59.4 Å². The van der Waals surface area contributed by atoms with Gasteiger partial charge in [0, 0.05) is 49.2 Å². The maximum atomic E-state index is 14.1. The van der Waals surface area contributed by atoms with Gasteiger partial charge in [-0.1, -0.05) is 99.6 Å². The second kappa shape index (κ2) is 27.0. The summed E-state index contributed by atoms with van der Waals surface area (Å²) in [4.78, 5) is 101. The Labute approximate surface area is 532 Å². The number of carbonyl (C=O) groups is 4. The summed E-state index contributed by atoms with van der Waals surface area (Å²) in [5, 5.41) is 5.73. The van der Waals surface area contributed by atoms with E-state index in [4.69, 9.17) is 28.9 Å². The summed E-state index contributed by atoms with van der Waals surface area (Å²) in [6.07, 6.45) is 15.2. The third kappa shape index (κ3) is 14.3. The Bertz CT molecular complexity index is 3200. The molecule has 6 fully saturated rings. The van der Waals surface area contributed by atoms with Crippen LogP contribution in [0.25, 0.3) is 22.1 Å². The van der Waals surface area contributed by atoms with Gasteiger partial charge in [-0.2, -0.15) is 0 Å². The zero-order valence-electron chi connectivity index (χ0n) is 51.1. The first-order chi connectivity index (χ1) is 40.6. The molecular weight excluding hydrogens is 1190 g/mol. The van der Waals surface area contributed by atoms with E-state index in [1.165, 1.54) is 46.9 Å². The average molecular weight is 1280 g/mol. The normalized spacial score (nSPS) is 32.8. The van der Waals surface area contributed by atoms with Gasteiger partial charge in [0.25, 0.3) is 0 Å². The largest absolute Gasteiger partial charge is 0.540 e. The van der Waals surface area contributed by atoms with Crippen LogP contribution in [-0.2, 0) is 78.6 Å². The molecule has 4 saturated carbocycles. The van der Waals surface area contributed by atoms with Gasteiger partial charge in [-0.15, -0.1) is 0 Å². The fraction of sp³-hybridized carbons (Fsp3) is 0.662.